The van der Waals surface area contributed by atoms with E-state index in [1.165, 1.54) is 0 Å². The third-order valence-corrected chi connectivity index (χ3v) is 8.91. The van der Waals surface area contributed by atoms with E-state index in [2.05, 4.69) is 13.5 Å². The maximum absolute atomic E-state index is 13.2. The molecule has 0 aromatic carbocycles. The molecule has 6 nitrogen and oxygen atoms in total. The predicted molar refractivity (Wildman–Crippen MR) is 118 cm³/mol. The minimum Gasteiger partial charge on any atom is -0.446 e. The van der Waals surface area contributed by atoms with Crippen molar-refractivity contribution in [2.45, 2.75) is 71.0 Å². The Morgan fingerprint density at radius 2 is 2.03 bits per heavy atom. The van der Waals surface area contributed by atoms with E-state index in [9.17, 15) is 24.6 Å². The van der Waals surface area contributed by atoms with Gasteiger partial charge in [-0.15, -0.1) is 0 Å². The molecular formula is C26H34O6. The van der Waals surface area contributed by atoms with E-state index >= 15 is 0 Å². The van der Waals surface area contributed by atoms with Crippen LogP contribution in [0.25, 0.3) is 0 Å². The monoisotopic (exact) mass is 442 g/mol. The van der Waals surface area contributed by atoms with Crippen molar-refractivity contribution in [2.24, 2.45) is 28.6 Å². The first-order valence-electron chi connectivity index (χ1n) is 11.7. The predicted octanol–water partition coefficient (Wildman–Crippen LogP) is 3.07. The van der Waals surface area contributed by atoms with Crippen LogP contribution in [0.15, 0.2) is 36.0 Å². The standard InChI is InChI=1S/C26H34O6/c1-5-6-22(31)32-26(21(30)14-27)15(2)11-19-18-8-7-16-12-17(28)9-10-24(16,3)23(18)20(29)13-25(19,26)4/h9-10,12,18-20,23,27,29H,2,5-8,11,13-14H2,1,3-4H3/t18-,19-,20-,23+,24-,25-,26+/m0/s1. The summed E-state index contributed by atoms with van der Waals surface area (Å²) >= 11 is 0. The summed E-state index contributed by atoms with van der Waals surface area (Å²) in [6.45, 7) is 9.28. The number of ketones is 2. The third kappa shape index (κ3) is 2.95. The van der Waals surface area contributed by atoms with Gasteiger partial charge in [0, 0.05) is 23.2 Å². The van der Waals surface area contributed by atoms with Gasteiger partial charge in [0.05, 0.1) is 6.10 Å². The van der Waals surface area contributed by atoms with Gasteiger partial charge in [-0.3, -0.25) is 14.4 Å². The van der Waals surface area contributed by atoms with E-state index in [-0.39, 0.29) is 36.4 Å². The van der Waals surface area contributed by atoms with Crippen LogP contribution in [0.4, 0.5) is 0 Å². The van der Waals surface area contributed by atoms with Crippen LogP contribution < -0.4 is 0 Å². The molecule has 0 amide bonds. The summed E-state index contributed by atoms with van der Waals surface area (Å²) in [7, 11) is 0. The van der Waals surface area contributed by atoms with Gasteiger partial charge >= 0.3 is 5.97 Å². The highest BCUT2D eigenvalue weighted by Gasteiger charge is 2.71. The molecule has 0 radical (unpaired) electrons. The van der Waals surface area contributed by atoms with Gasteiger partial charge in [0.25, 0.3) is 0 Å². The molecule has 0 saturated heterocycles. The van der Waals surface area contributed by atoms with E-state index in [0.29, 0.717) is 18.4 Å². The van der Waals surface area contributed by atoms with E-state index < -0.39 is 40.9 Å². The molecule has 6 heteroatoms. The van der Waals surface area contributed by atoms with Gasteiger partial charge in [-0.2, -0.15) is 0 Å². The van der Waals surface area contributed by atoms with Crippen molar-refractivity contribution in [3.63, 3.8) is 0 Å². The molecule has 0 aromatic heterocycles. The van der Waals surface area contributed by atoms with Gasteiger partial charge in [-0.1, -0.05) is 39.0 Å². The van der Waals surface area contributed by atoms with Crippen LogP contribution in [0.1, 0.15) is 59.3 Å². The summed E-state index contributed by atoms with van der Waals surface area (Å²) in [5.74, 6) is -1.13. The van der Waals surface area contributed by atoms with E-state index in [1.807, 2.05) is 19.9 Å². The second-order valence-corrected chi connectivity index (χ2v) is 10.5. The van der Waals surface area contributed by atoms with E-state index in [0.717, 1.165) is 18.4 Å². The topological polar surface area (TPSA) is 101 Å². The summed E-state index contributed by atoms with van der Waals surface area (Å²) in [5, 5.41) is 21.4. The van der Waals surface area contributed by atoms with Crippen molar-refractivity contribution in [3.8, 4) is 0 Å². The lowest BCUT2D eigenvalue weighted by atomic mass is 9.46. The molecule has 0 unspecified atom stereocenters. The zero-order valence-electron chi connectivity index (χ0n) is 19.2. The Hall–Kier alpha value is -2.05. The summed E-state index contributed by atoms with van der Waals surface area (Å²) in [6, 6.07) is 0. The van der Waals surface area contributed by atoms with Crippen LogP contribution in [0, 0.1) is 28.6 Å². The molecule has 0 spiro atoms. The molecule has 0 heterocycles. The third-order valence-electron chi connectivity index (χ3n) is 8.91. The van der Waals surface area contributed by atoms with Crippen molar-refractivity contribution in [2.75, 3.05) is 6.61 Å². The van der Waals surface area contributed by atoms with Gasteiger partial charge in [0.1, 0.15) is 6.61 Å². The molecule has 0 aromatic rings. The molecule has 4 aliphatic rings. The Balaban J connectivity index is 1.79. The Kier molecular flexibility index (Phi) is 5.61. The van der Waals surface area contributed by atoms with Crippen LogP contribution >= 0.6 is 0 Å². The molecule has 4 rings (SSSR count). The first kappa shape index (κ1) is 23.1. The SMILES string of the molecule is C=C1C[C@H]2[C@@H]3CCC4=CC(=O)C=C[C@]4(C)[C@H]3[C@@H](O)C[C@]2(C)[C@]1(OC(=O)CCC)C(=O)CO. The van der Waals surface area contributed by atoms with Crippen molar-refractivity contribution >= 4 is 17.5 Å². The smallest absolute Gasteiger partial charge is 0.307 e. The summed E-state index contributed by atoms with van der Waals surface area (Å²) < 4.78 is 5.92. The number of rotatable bonds is 5. The number of fused-ring (bicyclic) bond motifs is 5. The normalized spacial score (nSPS) is 42.6. The molecule has 0 bridgehead atoms. The Morgan fingerprint density at radius 1 is 1.31 bits per heavy atom. The highest BCUT2D eigenvalue weighted by atomic mass is 16.6. The number of esters is 1. The van der Waals surface area contributed by atoms with Crippen molar-refractivity contribution < 1.29 is 29.3 Å². The molecule has 7 atom stereocenters. The molecule has 2 N–H and O–H groups in total. The first-order chi connectivity index (χ1) is 15.0. The van der Waals surface area contributed by atoms with Crippen LogP contribution in [0.5, 0.6) is 0 Å². The number of ether oxygens (including phenoxy) is 1. The number of Topliss-reactive ketones (excluding diaryl/α,β-unsaturated/α-hetero) is 1. The van der Waals surface area contributed by atoms with Crippen molar-refractivity contribution in [3.05, 3.63) is 36.0 Å². The van der Waals surface area contributed by atoms with Crippen LogP contribution in [0.3, 0.4) is 0 Å². The van der Waals surface area contributed by atoms with Crippen LogP contribution in [-0.2, 0) is 19.1 Å². The second kappa shape index (κ2) is 7.77. The molecule has 3 fully saturated rings. The Labute approximate surface area is 189 Å². The average Bonchev–Trinajstić information content (AvgIpc) is 2.95. The molecule has 3 saturated carbocycles. The van der Waals surface area contributed by atoms with Crippen molar-refractivity contribution in [1.29, 1.82) is 0 Å². The number of carbonyl (C=O) groups excluding carboxylic acids is 3. The number of aliphatic hydroxyl groups excluding tert-OH is 2. The number of carbonyl (C=O) groups is 3. The largest absolute Gasteiger partial charge is 0.446 e. The van der Waals surface area contributed by atoms with E-state index in [1.54, 1.807) is 12.2 Å². The van der Waals surface area contributed by atoms with Gasteiger partial charge in [0.2, 0.25) is 5.78 Å². The Morgan fingerprint density at radius 3 is 2.69 bits per heavy atom. The number of hydrogen-bond donors (Lipinski definition) is 2. The number of aliphatic hydroxyl groups is 2. The molecule has 4 aliphatic carbocycles. The fourth-order valence-electron chi connectivity index (χ4n) is 7.57. The maximum Gasteiger partial charge on any atom is 0.307 e. The minimum absolute atomic E-state index is 0.0179. The quantitative estimate of drug-likeness (QED) is 0.501. The molecule has 174 valence electrons. The fraction of sp³-hybridized carbons (Fsp3) is 0.654. The average molecular weight is 443 g/mol. The lowest BCUT2D eigenvalue weighted by molar-refractivity contribution is -0.195. The first-order valence-corrected chi connectivity index (χ1v) is 11.7. The van der Waals surface area contributed by atoms with E-state index in [4.69, 9.17) is 4.74 Å². The minimum atomic E-state index is -1.62. The summed E-state index contributed by atoms with van der Waals surface area (Å²) in [6.07, 6.45) is 7.53. The lowest BCUT2D eigenvalue weighted by Gasteiger charge is -2.59. The number of allylic oxidation sites excluding steroid dienone is 4. The zero-order chi connectivity index (χ0) is 23.5. The van der Waals surface area contributed by atoms with Gasteiger partial charge in [-0.05, 0) is 61.7 Å². The molecule has 0 aliphatic heterocycles. The van der Waals surface area contributed by atoms with Gasteiger partial charge in [-0.25, -0.2) is 0 Å². The highest BCUT2D eigenvalue weighted by molar-refractivity contribution is 6.01. The van der Waals surface area contributed by atoms with Crippen molar-refractivity contribution in [1.82, 2.24) is 0 Å². The second-order valence-electron chi connectivity index (χ2n) is 10.5. The van der Waals surface area contributed by atoms with Crippen LogP contribution in [-0.4, -0.2) is 46.1 Å². The fourth-order valence-corrected chi connectivity index (χ4v) is 7.57. The summed E-state index contributed by atoms with van der Waals surface area (Å²) in [4.78, 5) is 37.8. The van der Waals surface area contributed by atoms with Crippen LogP contribution in [0.2, 0.25) is 0 Å². The van der Waals surface area contributed by atoms with Gasteiger partial charge < -0.3 is 14.9 Å². The highest BCUT2D eigenvalue weighted by Crippen LogP contribution is 2.68. The summed E-state index contributed by atoms with van der Waals surface area (Å²) in [5.41, 5.74) is -1.34. The molecule has 32 heavy (non-hydrogen) atoms. The Bertz CT molecular complexity index is 931. The molecular weight excluding hydrogens is 408 g/mol. The maximum atomic E-state index is 13.2. The zero-order valence-corrected chi connectivity index (χ0v) is 19.2. The lowest BCUT2D eigenvalue weighted by Crippen LogP contribution is -2.63. The number of hydrogen-bond acceptors (Lipinski definition) is 6. The van der Waals surface area contributed by atoms with Gasteiger partial charge in [0.15, 0.2) is 11.4 Å².